The molecule has 1 atom stereocenters. The van der Waals surface area contributed by atoms with E-state index in [1.54, 1.807) is 11.8 Å². The molecule has 0 spiro atoms. The number of nitriles is 1. The number of methoxy groups -OCH3 is 1. The first kappa shape index (κ1) is 21.9. The van der Waals surface area contributed by atoms with Crippen molar-refractivity contribution in [3.8, 4) is 29.1 Å². The first-order valence-corrected chi connectivity index (χ1v) is 10.9. The van der Waals surface area contributed by atoms with Crippen LogP contribution in [0.15, 0.2) is 52.5 Å². The molecule has 3 aromatic rings. The van der Waals surface area contributed by atoms with E-state index in [9.17, 15) is 5.26 Å². The van der Waals surface area contributed by atoms with Gasteiger partial charge in [-0.3, -0.25) is 5.73 Å². The summed E-state index contributed by atoms with van der Waals surface area (Å²) in [7, 11) is 1.59. The summed E-state index contributed by atoms with van der Waals surface area (Å²) < 4.78 is 20.1. The molecule has 1 unspecified atom stereocenters. The summed E-state index contributed by atoms with van der Waals surface area (Å²) in [5.41, 5.74) is 10.3. The number of benzene rings is 2. The molecule has 0 fully saturated rings. The summed E-state index contributed by atoms with van der Waals surface area (Å²) in [6.45, 7) is 5.79. The Balaban J connectivity index is 1.91. The molecule has 1 aliphatic heterocycles. The Morgan fingerprint density at radius 1 is 1.19 bits per heavy atom. The van der Waals surface area contributed by atoms with Gasteiger partial charge in [0.15, 0.2) is 17.7 Å². The van der Waals surface area contributed by atoms with Gasteiger partial charge in [0.25, 0.3) is 0 Å². The van der Waals surface area contributed by atoms with Gasteiger partial charge in [0.05, 0.1) is 35.7 Å². The highest BCUT2D eigenvalue weighted by atomic mass is 79.9. The third kappa shape index (κ3) is 3.85. The summed E-state index contributed by atoms with van der Waals surface area (Å²) >= 11 is 3.45. The fourth-order valence-corrected chi connectivity index (χ4v) is 3.97. The van der Waals surface area contributed by atoms with Crippen LogP contribution < -0.4 is 19.9 Å². The van der Waals surface area contributed by atoms with Gasteiger partial charge in [-0.1, -0.05) is 22.0 Å². The van der Waals surface area contributed by atoms with E-state index >= 15 is 0 Å². The molecule has 2 aromatic carbocycles. The van der Waals surface area contributed by atoms with Crippen LogP contribution in [0.5, 0.6) is 17.4 Å². The highest BCUT2D eigenvalue weighted by Gasteiger charge is 2.33. The van der Waals surface area contributed by atoms with Gasteiger partial charge in [-0.15, -0.1) is 0 Å². The minimum atomic E-state index is -0.926. The standard InChI is InChI=1S/C24H23BrN4O3/c1-13(2)31-19-10-5-15(11-20(19)30-4)22-18(12-26)23(27)32-24-21(22)14(3)28-29(24)17-8-6-16(25)7-9-17/h5-11,13,23H,27H2,1-4H3. The van der Waals surface area contributed by atoms with Crippen LogP contribution in [0.25, 0.3) is 11.3 Å². The molecule has 164 valence electrons. The molecule has 32 heavy (non-hydrogen) atoms. The molecule has 2 heterocycles. The fourth-order valence-electron chi connectivity index (χ4n) is 3.71. The van der Waals surface area contributed by atoms with Crippen LogP contribution >= 0.6 is 15.9 Å². The van der Waals surface area contributed by atoms with Crippen LogP contribution in [0, 0.1) is 18.3 Å². The second-order valence-electron chi connectivity index (χ2n) is 7.62. The van der Waals surface area contributed by atoms with Crippen LogP contribution in [-0.4, -0.2) is 29.2 Å². The van der Waals surface area contributed by atoms with Crippen molar-refractivity contribution in [1.82, 2.24) is 9.78 Å². The van der Waals surface area contributed by atoms with E-state index in [0.29, 0.717) is 28.5 Å². The van der Waals surface area contributed by atoms with Crippen molar-refractivity contribution < 1.29 is 14.2 Å². The molecular weight excluding hydrogens is 472 g/mol. The number of fused-ring (bicyclic) bond motifs is 1. The van der Waals surface area contributed by atoms with E-state index in [2.05, 4.69) is 22.0 Å². The lowest BCUT2D eigenvalue weighted by molar-refractivity contribution is 0.228. The highest BCUT2D eigenvalue weighted by molar-refractivity contribution is 9.10. The highest BCUT2D eigenvalue weighted by Crippen LogP contribution is 2.43. The van der Waals surface area contributed by atoms with Crippen LogP contribution in [0.1, 0.15) is 30.7 Å². The quantitative estimate of drug-likeness (QED) is 0.550. The zero-order valence-corrected chi connectivity index (χ0v) is 19.8. The first-order chi connectivity index (χ1) is 15.3. The Morgan fingerprint density at radius 3 is 2.53 bits per heavy atom. The zero-order chi connectivity index (χ0) is 23.0. The summed E-state index contributed by atoms with van der Waals surface area (Å²) in [5, 5.41) is 14.6. The summed E-state index contributed by atoms with van der Waals surface area (Å²) in [6.07, 6.45) is -0.927. The maximum atomic E-state index is 9.91. The second kappa shape index (κ2) is 8.69. The van der Waals surface area contributed by atoms with Crippen molar-refractivity contribution in [2.24, 2.45) is 5.73 Å². The third-order valence-corrected chi connectivity index (χ3v) is 5.60. The van der Waals surface area contributed by atoms with Crippen molar-refractivity contribution in [3.05, 3.63) is 69.3 Å². The minimum Gasteiger partial charge on any atom is -0.493 e. The molecule has 7 nitrogen and oxygen atoms in total. The number of aryl methyl sites for hydroxylation is 1. The first-order valence-electron chi connectivity index (χ1n) is 10.1. The number of aromatic nitrogens is 2. The molecule has 0 saturated carbocycles. The molecule has 4 rings (SSSR count). The molecule has 8 heteroatoms. The molecule has 0 amide bonds. The Kier molecular flexibility index (Phi) is 5.96. The average Bonchev–Trinajstić information content (AvgIpc) is 3.09. The Bertz CT molecular complexity index is 1240. The number of halogens is 1. The lowest BCUT2D eigenvalue weighted by Crippen LogP contribution is -2.33. The lowest BCUT2D eigenvalue weighted by Gasteiger charge is -2.25. The van der Waals surface area contributed by atoms with Gasteiger partial charge in [-0.25, -0.2) is 4.68 Å². The number of nitrogens with zero attached hydrogens (tertiary/aromatic N) is 3. The van der Waals surface area contributed by atoms with Gasteiger partial charge in [0.1, 0.15) is 6.07 Å². The van der Waals surface area contributed by atoms with Gasteiger partial charge in [0.2, 0.25) is 5.88 Å². The molecule has 0 bridgehead atoms. The lowest BCUT2D eigenvalue weighted by atomic mass is 9.91. The largest absolute Gasteiger partial charge is 0.493 e. The van der Waals surface area contributed by atoms with Crippen molar-refractivity contribution in [1.29, 1.82) is 5.26 Å². The van der Waals surface area contributed by atoms with Crippen LogP contribution in [0.2, 0.25) is 0 Å². The Hall–Kier alpha value is -3.28. The van der Waals surface area contributed by atoms with Crippen molar-refractivity contribution in [2.75, 3.05) is 7.11 Å². The van der Waals surface area contributed by atoms with Crippen LogP contribution in [0.3, 0.4) is 0 Å². The smallest absolute Gasteiger partial charge is 0.226 e. The number of hydrogen-bond acceptors (Lipinski definition) is 6. The molecule has 1 aromatic heterocycles. The van der Waals surface area contributed by atoms with Gasteiger partial charge >= 0.3 is 0 Å². The summed E-state index contributed by atoms with van der Waals surface area (Å²) in [4.78, 5) is 0. The topological polar surface area (TPSA) is 95.3 Å². The maximum Gasteiger partial charge on any atom is 0.226 e. The van der Waals surface area contributed by atoms with E-state index in [-0.39, 0.29) is 6.10 Å². The van der Waals surface area contributed by atoms with Gasteiger partial charge in [-0.2, -0.15) is 10.4 Å². The monoisotopic (exact) mass is 494 g/mol. The molecule has 1 aliphatic rings. The second-order valence-corrected chi connectivity index (χ2v) is 8.54. The predicted molar refractivity (Wildman–Crippen MR) is 125 cm³/mol. The number of rotatable bonds is 5. The molecule has 0 radical (unpaired) electrons. The summed E-state index contributed by atoms with van der Waals surface area (Å²) in [6, 6.07) is 15.5. The van der Waals surface area contributed by atoms with E-state index < -0.39 is 6.23 Å². The number of hydrogen-bond donors (Lipinski definition) is 1. The van der Waals surface area contributed by atoms with Crippen molar-refractivity contribution in [3.63, 3.8) is 0 Å². The van der Waals surface area contributed by atoms with E-state index in [1.807, 2.05) is 63.2 Å². The van der Waals surface area contributed by atoms with Crippen molar-refractivity contribution >= 4 is 21.5 Å². The minimum absolute atomic E-state index is 0.00174. The van der Waals surface area contributed by atoms with Gasteiger partial charge < -0.3 is 14.2 Å². The van der Waals surface area contributed by atoms with Gasteiger partial charge in [0, 0.05) is 10.0 Å². The molecule has 0 aliphatic carbocycles. The number of ether oxygens (including phenoxy) is 3. The maximum absolute atomic E-state index is 9.91. The van der Waals surface area contributed by atoms with Crippen LogP contribution in [0.4, 0.5) is 0 Å². The summed E-state index contributed by atoms with van der Waals surface area (Å²) in [5.74, 6) is 1.69. The van der Waals surface area contributed by atoms with Crippen LogP contribution in [-0.2, 0) is 0 Å². The Labute approximate surface area is 195 Å². The van der Waals surface area contributed by atoms with E-state index in [0.717, 1.165) is 27.0 Å². The SMILES string of the molecule is COc1cc(C2=C(C#N)C(N)Oc3c2c(C)nn3-c2ccc(Br)cc2)ccc1OC(C)C. The predicted octanol–water partition coefficient (Wildman–Crippen LogP) is 4.74. The van der Waals surface area contributed by atoms with Crippen molar-refractivity contribution in [2.45, 2.75) is 33.1 Å². The fraction of sp³-hybridized carbons (Fsp3) is 0.250. The zero-order valence-electron chi connectivity index (χ0n) is 18.2. The van der Waals surface area contributed by atoms with E-state index in [1.165, 1.54) is 0 Å². The molecule has 2 N–H and O–H groups in total. The normalized spacial score (nSPS) is 15.2. The average molecular weight is 495 g/mol. The molecular formula is C24H23BrN4O3. The van der Waals surface area contributed by atoms with E-state index in [4.69, 9.17) is 25.0 Å². The molecule has 0 saturated heterocycles. The van der Waals surface area contributed by atoms with Gasteiger partial charge in [-0.05, 0) is 62.7 Å². The Morgan fingerprint density at radius 2 is 1.91 bits per heavy atom. The number of nitrogens with two attached hydrogens (primary N) is 1. The third-order valence-electron chi connectivity index (χ3n) is 5.07.